The molecule has 7 rings (SSSR count). The number of ketones is 1. The van der Waals surface area contributed by atoms with Crippen LogP contribution >= 0.6 is 11.6 Å². The number of hydrogen-bond donors (Lipinski definition) is 4. The number of halogens is 1. The van der Waals surface area contributed by atoms with Crippen LogP contribution in [0.3, 0.4) is 0 Å². The Kier molecular flexibility index (Phi) is 7.78. The highest BCUT2D eigenvalue weighted by molar-refractivity contribution is 7.86. The summed E-state index contributed by atoms with van der Waals surface area (Å²) in [5, 5.41) is 9.56. The molecule has 246 valence electrons. The summed E-state index contributed by atoms with van der Waals surface area (Å²) in [7, 11) is -1.57. The van der Waals surface area contributed by atoms with E-state index >= 15 is 0 Å². The number of fused-ring (bicyclic) bond motifs is 2. The number of rotatable bonds is 8. The summed E-state index contributed by atoms with van der Waals surface area (Å²) >= 11 is 6.23. The Morgan fingerprint density at radius 3 is 2.27 bits per heavy atom. The van der Waals surface area contributed by atoms with Gasteiger partial charge in [0.1, 0.15) is 10.6 Å². The Morgan fingerprint density at radius 2 is 1.53 bits per heavy atom. The minimum absolute atomic E-state index is 0.0340. The quantitative estimate of drug-likeness (QED) is 0.129. The lowest BCUT2D eigenvalue weighted by Crippen LogP contribution is -2.21. The number of ether oxygens (including phenoxy) is 1. The zero-order valence-corrected chi connectivity index (χ0v) is 27.6. The van der Waals surface area contributed by atoms with E-state index in [4.69, 9.17) is 16.3 Å². The van der Waals surface area contributed by atoms with Crippen LogP contribution in [0.5, 0.6) is 5.75 Å². The molecular formula is C34H26ClN7O6S. The van der Waals surface area contributed by atoms with Crippen molar-refractivity contribution in [3.8, 4) is 16.9 Å². The van der Waals surface area contributed by atoms with Gasteiger partial charge in [0.25, 0.3) is 15.7 Å². The molecule has 49 heavy (non-hydrogen) atoms. The number of hydrogen-bond acceptors (Lipinski definition) is 11. The number of nitrogens with zero attached hydrogens (tertiary/aromatic N) is 4. The maximum absolute atomic E-state index is 14.0. The van der Waals surface area contributed by atoms with Crippen LogP contribution in [0.25, 0.3) is 22.0 Å². The van der Waals surface area contributed by atoms with Crippen LogP contribution in [0, 0.1) is 6.92 Å². The first-order valence-electron chi connectivity index (χ1n) is 14.7. The number of pyridine rings is 1. The molecule has 0 saturated carbocycles. The molecule has 0 spiro atoms. The molecule has 0 fully saturated rings. The monoisotopic (exact) mass is 695 g/mol. The molecule has 15 heteroatoms. The number of benzene rings is 4. The Morgan fingerprint density at radius 1 is 0.796 bits per heavy atom. The molecule has 2 aromatic heterocycles. The number of anilines is 6. The van der Waals surface area contributed by atoms with E-state index in [9.17, 15) is 22.6 Å². The number of aromatic nitrogens is 4. The summed E-state index contributed by atoms with van der Waals surface area (Å²) in [5.41, 5.74) is 4.22. The molecule has 0 aliphatic heterocycles. The highest BCUT2D eigenvalue weighted by Crippen LogP contribution is 2.42. The third-order valence-electron chi connectivity index (χ3n) is 8.18. The second-order valence-electron chi connectivity index (χ2n) is 11.2. The molecular weight excluding hydrogens is 670 g/mol. The van der Waals surface area contributed by atoms with Gasteiger partial charge in [-0.05, 0) is 71.6 Å². The van der Waals surface area contributed by atoms with Crippen molar-refractivity contribution in [3.05, 3.63) is 111 Å². The molecule has 0 bridgehead atoms. The zero-order chi connectivity index (χ0) is 34.6. The lowest BCUT2D eigenvalue weighted by Gasteiger charge is -2.24. The largest absolute Gasteiger partial charge is 0.497 e. The first kappa shape index (κ1) is 31.8. The highest BCUT2D eigenvalue weighted by Gasteiger charge is 2.30. The second-order valence-corrected chi connectivity index (χ2v) is 12.9. The van der Waals surface area contributed by atoms with E-state index in [1.54, 1.807) is 56.6 Å². The molecule has 0 unspecified atom stereocenters. The van der Waals surface area contributed by atoms with Crippen LogP contribution in [0.1, 0.15) is 21.5 Å². The first-order valence-corrected chi connectivity index (χ1v) is 16.5. The Labute approximate surface area is 284 Å². The summed E-state index contributed by atoms with van der Waals surface area (Å²) in [5.74, 6) is 0.471. The molecule has 4 aromatic carbocycles. The van der Waals surface area contributed by atoms with Gasteiger partial charge in [-0.2, -0.15) is 23.4 Å². The summed E-state index contributed by atoms with van der Waals surface area (Å²) in [6, 6.07) is 21.2. The smallest absolute Gasteiger partial charge is 0.296 e. The molecule has 2 heterocycles. The fourth-order valence-electron chi connectivity index (χ4n) is 5.81. The van der Waals surface area contributed by atoms with Crippen molar-refractivity contribution in [3.63, 3.8) is 0 Å². The molecule has 1 aliphatic carbocycles. The Balaban J connectivity index is 1.30. The van der Waals surface area contributed by atoms with Gasteiger partial charge in [-0.1, -0.05) is 30.3 Å². The zero-order valence-electron chi connectivity index (χ0n) is 26.1. The van der Waals surface area contributed by atoms with Crippen molar-refractivity contribution in [1.82, 2.24) is 19.5 Å². The van der Waals surface area contributed by atoms with Gasteiger partial charge in [0.05, 0.1) is 29.6 Å². The molecule has 13 nitrogen and oxygen atoms in total. The van der Waals surface area contributed by atoms with Crippen LogP contribution in [0.2, 0.25) is 5.28 Å². The van der Waals surface area contributed by atoms with Gasteiger partial charge in [-0.3, -0.25) is 14.1 Å². The standard InChI is InChI=1S/C34H26ClN7O6S/c1-17-8-10-19(48-3)15-24(17)38-34-40-32(35)39-33(41-34)36-18-9-13-27(49(45,46)47)25(14-18)37-23-11-12-26-29-22(16-28(43)42(26)2)20-6-4-5-7-21(20)31(44)30(23)29/h4-16,37H,1-3H3,(H,45,46,47)(H2,36,38,39,40,41). The van der Waals surface area contributed by atoms with E-state index in [1.807, 2.05) is 19.1 Å². The number of carbonyl (C=O) groups excluding carboxylic acids is 1. The van der Waals surface area contributed by atoms with Gasteiger partial charge in [0.2, 0.25) is 17.2 Å². The average Bonchev–Trinajstić information content (AvgIpc) is 3.06. The van der Waals surface area contributed by atoms with Crippen molar-refractivity contribution in [2.24, 2.45) is 7.05 Å². The first-order chi connectivity index (χ1) is 23.4. The van der Waals surface area contributed by atoms with Crippen molar-refractivity contribution in [2.75, 3.05) is 23.1 Å². The van der Waals surface area contributed by atoms with E-state index in [2.05, 4.69) is 30.9 Å². The average molecular weight is 696 g/mol. The van der Waals surface area contributed by atoms with Crippen LogP contribution in [-0.2, 0) is 17.2 Å². The van der Waals surface area contributed by atoms with Gasteiger partial charge in [0.15, 0.2) is 5.78 Å². The third kappa shape index (κ3) is 5.82. The fraction of sp³-hybridized carbons (Fsp3) is 0.0882. The summed E-state index contributed by atoms with van der Waals surface area (Å²) in [6.45, 7) is 1.90. The van der Waals surface area contributed by atoms with Gasteiger partial charge in [0, 0.05) is 41.5 Å². The highest BCUT2D eigenvalue weighted by atomic mass is 35.5. The lowest BCUT2D eigenvalue weighted by molar-refractivity contribution is 0.104. The third-order valence-corrected chi connectivity index (χ3v) is 9.26. The molecule has 0 saturated heterocycles. The van der Waals surface area contributed by atoms with Crippen molar-refractivity contribution < 1.29 is 22.5 Å². The van der Waals surface area contributed by atoms with Crippen LogP contribution in [0.15, 0.2) is 88.6 Å². The van der Waals surface area contributed by atoms with Crippen molar-refractivity contribution in [2.45, 2.75) is 11.8 Å². The Bertz CT molecular complexity index is 2540. The molecule has 0 atom stereocenters. The second kappa shape index (κ2) is 12.0. The van der Waals surface area contributed by atoms with E-state index in [0.717, 1.165) is 5.56 Å². The van der Waals surface area contributed by atoms with Gasteiger partial charge in [-0.15, -0.1) is 0 Å². The van der Waals surface area contributed by atoms with Gasteiger partial charge in [-0.25, -0.2) is 0 Å². The molecule has 6 aromatic rings. The number of methoxy groups -OCH3 is 1. The van der Waals surface area contributed by atoms with Crippen LogP contribution in [0.4, 0.5) is 34.6 Å². The predicted molar refractivity (Wildman–Crippen MR) is 187 cm³/mol. The normalized spacial score (nSPS) is 12.1. The predicted octanol–water partition coefficient (Wildman–Crippen LogP) is 6.38. The van der Waals surface area contributed by atoms with Crippen molar-refractivity contribution in [1.29, 1.82) is 0 Å². The summed E-state index contributed by atoms with van der Waals surface area (Å²) < 4.78 is 41.9. The maximum Gasteiger partial charge on any atom is 0.296 e. The molecule has 1 aliphatic rings. The number of aryl methyl sites for hydroxylation is 2. The van der Waals surface area contributed by atoms with Crippen LogP contribution in [-0.4, -0.2) is 45.4 Å². The van der Waals surface area contributed by atoms with Crippen LogP contribution < -0.4 is 26.2 Å². The summed E-state index contributed by atoms with van der Waals surface area (Å²) in [4.78, 5) is 39.1. The Hall–Kier alpha value is -5.83. The number of carbonyl (C=O) groups is 1. The van der Waals surface area contributed by atoms with E-state index < -0.39 is 15.0 Å². The molecule has 0 amide bonds. The van der Waals surface area contributed by atoms with E-state index in [1.165, 1.54) is 28.8 Å². The van der Waals surface area contributed by atoms with Gasteiger partial charge < -0.3 is 25.3 Å². The lowest BCUT2D eigenvalue weighted by atomic mass is 9.83. The minimum Gasteiger partial charge on any atom is -0.497 e. The topological polar surface area (TPSA) is 177 Å². The van der Waals surface area contributed by atoms with Gasteiger partial charge >= 0.3 is 0 Å². The SMILES string of the molecule is COc1ccc(C)c(Nc2nc(Cl)nc(Nc3ccc(S(=O)(=O)O)c(Nc4ccc5c6c(cc(=O)n5C)-c5ccccc5C(=O)c46)c3)n2)c1. The molecule has 4 N–H and O–H groups in total. The summed E-state index contributed by atoms with van der Waals surface area (Å²) in [6.07, 6.45) is 0. The van der Waals surface area contributed by atoms with Crippen molar-refractivity contribution >= 4 is 73.1 Å². The minimum atomic E-state index is -4.74. The van der Waals surface area contributed by atoms with E-state index in [0.29, 0.717) is 44.7 Å². The maximum atomic E-state index is 14.0. The fourth-order valence-corrected chi connectivity index (χ4v) is 6.60. The van der Waals surface area contributed by atoms with E-state index in [-0.39, 0.29) is 45.5 Å². The molecule has 0 radical (unpaired) electrons. The number of nitrogens with one attached hydrogen (secondary N) is 3.